The van der Waals surface area contributed by atoms with Gasteiger partial charge < -0.3 is 10.3 Å². The van der Waals surface area contributed by atoms with Gasteiger partial charge in [-0.2, -0.15) is 5.26 Å². The van der Waals surface area contributed by atoms with Crippen LogP contribution in [0.15, 0.2) is 18.2 Å². The highest BCUT2D eigenvalue weighted by Gasteiger charge is 2.26. The lowest BCUT2D eigenvalue weighted by molar-refractivity contribution is -0.385. The minimum atomic E-state index is -0.615. The van der Waals surface area contributed by atoms with Gasteiger partial charge in [-0.05, 0) is 26.0 Å². The first-order valence-electron chi connectivity index (χ1n) is 6.35. The Hall–Kier alpha value is -2.66. The number of hydrogen-bond donors (Lipinski definition) is 2. The predicted octanol–water partition coefficient (Wildman–Crippen LogP) is 1.64. The quantitative estimate of drug-likeness (QED) is 0.466. The minimum absolute atomic E-state index is 0.0536. The second-order valence-corrected chi connectivity index (χ2v) is 4.63. The molecule has 3 N–H and O–H groups in total. The van der Waals surface area contributed by atoms with Crippen molar-refractivity contribution in [3.05, 3.63) is 33.9 Å². The zero-order valence-corrected chi connectivity index (χ0v) is 11.9. The molecule has 1 aromatic carbocycles. The normalized spacial score (nSPS) is 10.0. The molecule has 0 aliphatic heterocycles. The average Bonchev–Trinajstić information content (AvgIpc) is 2.46. The molecule has 1 amide bonds. The second-order valence-electron chi connectivity index (χ2n) is 4.63. The van der Waals surface area contributed by atoms with Gasteiger partial charge in [-0.3, -0.25) is 20.8 Å². The summed E-state index contributed by atoms with van der Waals surface area (Å²) >= 11 is 0. The third-order valence-corrected chi connectivity index (χ3v) is 2.94. The van der Waals surface area contributed by atoms with Crippen molar-refractivity contribution >= 4 is 17.3 Å². The zero-order chi connectivity index (χ0) is 16.0. The third-order valence-electron chi connectivity index (χ3n) is 2.94. The van der Waals surface area contributed by atoms with Crippen LogP contribution in [0.5, 0.6) is 0 Å². The number of amides is 1. The number of hydrazine groups is 1. The first-order valence-corrected chi connectivity index (χ1v) is 6.35. The lowest BCUT2D eigenvalue weighted by atomic mass is 10.1. The Morgan fingerprint density at radius 1 is 1.57 bits per heavy atom. The first-order chi connectivity index (χ1) is 9.92. The summed E-state index contributed by atoms with van der Waals surface area (Å²) in [6, 6.07) is 5.76. The van der Waals surface area contributed by atoms with Crippen LogP contribution in [0.1, 0.15) is 30.6 Å². The van der Waals surface area contributed by atoms with Crippen LogP contribution < -0.4 is 11.3 Å². The summed E-state index contributed by atoms with van der Waals surface area (Å²) in [5, 5.41) is 19.7. The van der Waals surface area contributed by atoms with Crippen LogP contribution >= 0.6 is 0 Å². The van der Waals surface area contributed by atoms with E-state index in [-0.39, 0.29) is 30.3 Å². The van der Waals surface area contributed by atoms with Gasteiger partial charge in [0.15, 0.2) is 0 Å². The highest BCUT2D eigenvalue weighted by molar-refractivity contribution is 5.99. The van der Waals surface area contributed by atoms with Crippen LogP contribution in [0.25, 0.3) is 0 Å². The predicted molar refractivity (Wildman–Crippen MR) is 77.3 cm³/mol. The van der Waals surface area contributed by atoms with Crippen molar-refractivity contribution in [1.82, 2.24) is 4.90 Å². The molecule has 0 spiro atoms. The molecule has 0 aliphatic rings. The first kappa shape index (κ1) is 16.4. The number of nitrogens with one attached hydrogen (secondary N) is 1. The van der Waals surface area contributed by atoms with Crippen molar-refractivity contribution in [2.45, 2.75) is 26.3 Å². The summed E-state index contributed by atoms with van der Waals surface area (Å²) in [7, 11) is 0. The Morgan fingerprint density at radius 2 is 2.24 bits per heavy atom. The molecule has 8 nitrogen and oxygen atoms in total. The SMILES string of the molecule is CC(C)N(CCC#N)C(=O)c1cc(NN)ccc1[N+](=O)[O-]. The number of carbonyl (C=O) groups is 1. The molecule has 0 atom stereocenters. The number of nitro groups is 1. The van der Waals surface area contributed by atoms with Crippen LogP contribution in [0.3, 0.4) is 0 Å². The van der Waals surface area contributed by atoms with Crippen LogP contribution in [0, 0.1) is 21.4 Å². The molecule has 21 heavy (non-hydrogen) atoms. The van der Waals surface area contributed by atoms with Gasteiger partial charge in [0.1, 0.15) is 5.56 Å². The molecule has 8 heteroatoms. The van der Waals surface area contributed by atoms with Gasteiger partial charge in [-0.25, -0.2) is 0 Å². The van der Waals surface area contributed by atoms with E-state index in [4.69, 9.17) is 11.1 Å². The van der Waals surface area contributed by atoms with E-state index < -0.39 is 10.8 Å². The van der Waals surface area contributed by atoms with E-state index in [2.05, 4.69) is 5.43 Å². The van der Waals surface area contributed by atoms with Gasteiger partial charge in [0.25, 0.3) is 11.6 Å². The third kappa shape index (κ3) is 3.90. The lowest BCUT2D eigenvalue weighted by Crippen LogP contribution is -2.38. The van der Waals surface area contributed by atoms with Gasteiger partial charge >= 0.3 is 0 Å². The van der Waals surface area contributed by atoms with Crippen LogP contribution in [-0.2, 0) is 0 Å². The van der Waals surface area contributed by atoms with Crippen molar-refractivity contribution < 1.29 is 9.72 Å². The number of nitro benzene ring substituents is 1. The van der Waals surface area contributed by atoms with Crippen molar-refractivity contribution in [3.63, 3.8) is 0 Å². The standard InChI is InChI=1S/C13H17N5O3/c1-9(2)17(7-3-6-14)13(19)11-8-10(16-15)4-5-12(11)18(20)21/h4-5,8-9,16H,3,7,15H2,1-2H3. The van der Waals surface area contributed by atoms with E-state index in [0.717, 1.165) is 0 Å². The molecule has 0 bridgehead atoms. The Bertz CT molecular complexity index is 580. The van der Waals surface area contributed by atoms with Gasteiger partial charge in [0.05, 0.1) is 17.4 Å². The number of carbonyl (C=O) groups excluding carboxylic acids is 1. The van der Waals surface area contributed by atoms with E-state index in [9.17, 15) is 14.9 Å². The average molecular weight is 291 g/mol. The van der Waals surface area contributed by atoms with Crippen LogP contribution in [0.2, 0.25) is 0 Å². The van der Waals surface area contributed by atoms with Gasteiger partial charge in [0, 0.05) is 24.3 Å². The molecule has 1 rings (SSSR count). The maximum absolute atomic E-state index is 12.5. The number of nitriles is 1. The van der Waals surface area contributed by atoms with Crippen molar-refractivity contribution in [2.24, 2.45) is 5.84 Å². The van der Waals surface area contributed by atoms with E-state index >= 15 is 0 Å². The molecule has 0 radical (unpaired) electrons. The Labute approximate surface area is 122 Å². The number of hydrogen-bond acceptors (Lipinski definition) is 6. The molecule has 0 heterocycles. The monoisotopic (exact) mass is 291 g/mol. The van der Waals surface area contributed by atoms with Crippen molar-refractivity contribution in [2.75, 3.05) is 12.0 Å². The topological polar surface area (TPSA) is 125 Å². The molecule has 0 aliphatic carbocycles. The highest BCUT2D eigenvalue weighted by Crippen LogP contribution is 2.24. The number of anilines is 1. The molecule has 0 unspecified atom stereocenters. The minimum Gasteiger partial charge on any atom is -0.335 e. The fourth-order valence-corrected chi connectivity index (χ4v) is 1.88. The highest BCUT2D eigenvalue weighted by atomic mass is 16.6. The van der Waals surface area contributed by atoms with Gasteiger partial charge in [0.2, 0.25) is 0 Å². The van der Waals surface area contributed by atoms with Gasteiger partial charge in [-0.15, -0.1) is 0 Å². The molecule has 0 saturated heterocycles. The van der Waals surface area contributed by atoms with Gasteiger partial charge in [-0.1, -0.05) is 0 Å². The smallest absolute Gasteiger partial charge is 0.282 e. The maximum atomic E-state index is 12.5. The molecule has 0 fully saturated rings. The van der Waals surface area contributed by atoms with Crippen molar-refractivity contribution in [1.29, 1.82) is 5.26 Å². The summed E-state index contributed by atoms with van der Waals surface area (Å²) in [5.74, 6) is 4.78. The maximum Gasteiger partial charge on any atom is 0.282 e. The Morgan fingerprint density at radius 3 is 2.71 bits per heavy atom. The molecule has 112 valence electrons. The zero-order valence-electron chi connectivity index (χ0n) is 11.9. The summed E-state index contributed by atoms with van der Waals surface area (Å²) < 4.78 is 0. The molecule has 1 aromatic rings. The number of rotatable bonds is 6. The molecule has 0 aromatic heterocycles. The summed E-state index contributed by atoms with van der Waals surface area (Å²) in [4.78, 5) is 24.4. The van der Waals surface area contributed by atoms with E-state index in [1.807, 2.05) is 6.07 Å². The molecule has 0 saturated carbocycles. The van der Waals surface area contributed by atoms with E-state index in [1.54, 1.807) is 13.8 Å². The largest absolute Gasteiger partial charge is 0.335 e. The fraction of sp³-hybridized carbons (Fsp3) is 0.385. The van der Waals surface area contributed by atoms with Crippen LogP contribution in [-0.4, -0.2) is 28.3 Å². The number of nitrogens with two attached hydrogens (primary N) is 1. The number of nitrogens with zero attached hydrogens (tertiary/aromatic N) is 3. The fourth-order valence-electron chi connectivity index (χ4n) is 1.88. The number of nitrogen functional groups attached to an aromatic ring is 1. The van der Waals surface area contributed by atoms with E-state index in [0.29, 0.717) is 5.69 Å². The summed E-state index contributed by atoms with van der Waals surface area (Å²) in [6.45, 7) is 3.78. The molecular weight excluding hydrogens is 274 g/mol. The second kappa shape index (κ2) is 7.21. The van der Waals surface area contributed by atoms with E-state index in [1.165, 1.54) is 23.1 Å². The summed E-state index contributed by atoms with van der Waals surface area (Å²) in [6.07, 6.45) is 0.159. The Balaban J connectivity index is 3.25. The molecular formula is C13H17N5O3. The number of benzene rings is 1. The Kier molecular flexibility index (Phi) is 5.63. The lowest BCUT2D eigenvalue weighted by Gasteiger charge is -2.25. The van der Waals surface area contributed by atoms with Crippen molar-refractivity contribution in [3.8, 4) is 6.07 Å². The summed E-state index contributed by atoms with van der Waals surface area (Å²) in [5.41, 5.74) is 2.41. The van der Waals surface area contributed by atoms with Crippen LogP contribution in [0.4, 0.5) is 11.4 Å².